The van der Waals surface area contributed by atoms with Gasteiger partial charge in [0.05, 0.1) is 0 Å². The summed E-state index contributed by atoms with van der Waals surface area (Å²) in [7, 11) is 5.75. The summed E-state index contributed by atoms with van der Waals surface area (Å²) in [6.07, 6.45) is 3.40. The Hall–Kier alpha value is -1.27. The second-order valence-corrected chi connectivity index (χ2v) is 2.24. The second kappa shape index (κ2) is 6.22. The Balaban J connectivity index is 2.62. The van der Waals surface area contributed by atoms with Crippen LogP contribution >= 0.6 is 0 Å². The molecule has 1 N–H and O–H groups in total. The third-order valence-electron chi connectivity index (χ3n) is 1.31. The smallest absolute Gasteiger partial charge is 0.422 e. The second-order valence-electron chi connectivity index (χ2n) is 2.24. The van der Waals surface area contributed by atoms with Crippen molar-refractivity contribution in [3.8, 4) is 0 Å². The summed E-state index contributed by atoms with van der Waals surface area (Å²) in [4.78, 5) is 3.97. The van der Waals surface area contributed by atoms with Gasteiger partial charge in [0.25, 0.3) is 0 Å². The van der Waals surface area contributed by atoms with E-state index in [0.717, 1.165) is 0 Å². The molecule has 8 heteroatoms. The van der Waals surface area contributed by atoms with E-state index in [1.54, 1.807) is 23.1 Å². The zero-order valence-corrected chi connectivity index (χ0v) is 8.04. The van der Waals surface area contributed by atoms with E-state index >= 15 is 0 Å². The fourth-order valence-corrected chi connectivity index (χ4v) is 0.771. The van der Waals surface area contributed by atoms with E-state index in [9.17, 15) is 0 Å². The third-order valence-corrected chi connectivity index (χ3v) is 1.31. The Morgan fingerprint density at radius 2 is 2.36 bits per heavy atom. The molecule has 1 rings (SSSR count). The van der Waals surface area contributed by atoms with Gasteiger partial charge in [-0.3, -0.25) is 4.90 Å². The first kappa shape index (κ1) is 10.8. The molecule has 1 aromatic rings. The highest BCUT2D eigenvalue weighted by atomic mass is 16.4. The predicted molar refractivity (Wildman–Crippen MR) is 53.7 cm³/mol. The van der Waals surface area contributed by atoms with Crippen molar-refractivity contribution in [2.45, 2.75) is 0 Å². The molecule has 1 aromatic heterocycles. The van der Waals surface area contributed by atoms with Crippen LogP contribution in [0.15, 0.2) is 23.4 Å². The quantitative estimate of drug-likeness (QED) is 0.379. The molecule has 0 aliphatic carbocycles. The van der Waals surface area contributed by atoms with Crippen molar-refractivity contribution < 1.29 is 9.31 Å². The highest BCUT2D eigenvalue weighted by molar-refractivity contribution is 6.34. The van der Waals surface area contributed by atoms with Crippen LogP contribution in [0.25, 0.3) is 0 Å². The van der Waals surface area contributed by atoms with Gasteiger partial charge in [-0.05, 0) is 6.07 Å². The molecular formula is C6H10B2N4O2. The van der Waals surface area contributed by atoms with E-state index in [1.165, 1.54) is 29.5 Å². The van der Waals surface area contributed by atoms with E-state index in [0.29, 0.717) is 5.96 Å². The molecule has 72 valence electrons. The number of nitrogens with one attached hydrogen (secondary N) is 1. The van der Waals surface area contributed by atoms with Crippen LogP contribution in [-0.4, -0.2) is 45.2 Å². The fourth-order valence-electron chi connectivity index (χ4n) is 0.771. The topological polar surface area (TPSA) is 60.7 Å². The molecule has 0 saturated heterocycles. The van der Waals surface area contributed by atoms with E-state index in [2.05, 4.69) is 15.2 Å². The summed E-state index contributed by atoms with van der Waals surface area (Å²) in [5.74, 6) is 0.485. The molecule has 0 amide bonds. The van der Waals surface area contributed by atoms with Crippen LogP contribution in [-0.2, 0) is 9.31 Å². The van der Waals surface area contributed by atoms with Crippen LogP contribution in [0.5, 0.6) is 0 Å². The van der Waals surface area contributed by atoms with Crippen LogP contribution in [0.3, 0.4) is 0 Å². The highest BCUT2D eigenvalue weighted by Gasteiger charge is 2.02. The average molecular weight is 192 g/mol. The monoisotopic (exact) mass is 192 g/mol. The molecule has 2 radical (unpaired) electrons. The van der Waals surface area contributed by atoms with Crippen molar-refractivity contribution in [3.05, 3.63) is 18.5 Å². The lowest BCUT2D eigenvalue weighted by Crippen LogP contribution is -2.35. The van der Waals surface area contributed by atoms with Crippen molar-refractivity contribution in [3.63, 3.8) is 0 Å². The summed E-state index contributed by atoms with van der Waals surface area (Å²) < 4.78 is 11.0. The van der Waals surface area contributed by atoms with Gasteiger partial charge in [0.2, 0.25) is 0 Å². The van der Waals surface area contributed by atoms with Crippen LogP contribution in [0.2, 0.25) is 0 Å². The van der Waals surface area contributed by atoms with Gasteiger partial charge in [-0.25, -0.2) is 4.68 Å². The summed E-state index contributed by atoms with van der Waals surface area (Å²) >= 11 is 0. The van der Waals surface area contributed by atoms with Crippen molar-refractivity contribution in [1.82, 2.24) is 15.0 Å². The molecular weight excluding hydrogens is 182 g/mol. The van der Waals surface area contributed by atoms with Crippen LogP contribution in [0, 0.1) is 0 Å². The van der Waals surface area contributed by atoms with E-state index < -0.39 is 0 Å². The van der Waals surface area contributed by atoms with Crippen LogP contribution in [0.1, 0.15) is 0 Å². The molecule has 0 bridgehead atoms. The molecule has 0 aliphatic heterocycles. The third kappa shape index (κ3) is 3.23. The van der Waals surface area contributed by atoms with Gasteiger partial charge in [-0.1, -0.05) is 0 Å². The summed E-state index contributed by atoms with van der Waals surface area (Å²) in [5.41, 5.74) is 0. The Morgan fingerprint density at radius 3 is 2.93 bits per heavy atom. The van der Waals surface area contributed by atoms with E-state index in [4.69, 9.17) is 9.31 Å². The molecule has 0 aliphatic rings. The molecule has 6 nitrogen and oxygen atoms in total. The number of aromatic nitrogens is 2. The van der Waals surface area contributed by atoms with Gasteiger partial charge < -0.3 is 14.5 Å². The molecule has 0 aromatic carbocycles. The Morgan fingerprint density at radius 1 is 1.50 bits per heavy atom. The molecule has 1 heterocycles. The maximum absolute atomic E-state index is 4.74. The minimum Gasteiger partial charge on any atom is -0.422 e. The highest BCUT2D eigenvalue weighted by Crippen LogP contribution is 1.84. The summed E-state index contributed by atoms with van der Waals surface area (Å²) in [6, 6.07) is 1.79. The van der Waals surface area contributed by atoms with Crippen molar-refractivity contribution in [2.24, 2.45) is 4.90 Å². The van der Waals surface area contributed by atoms with Crippen LogP contribution < -0.4 is 5.23 Å². The zero-order valence-electron chi connectivity index (χ0n) is 8.04. The van der Waals surface area contributed by atoms with Gasteiger partial charge in [-0.2, -0.15) is 5.10 Å². The lowest BCUT2D eigenvalue weighted by molar-refractivity contribution is 0.436. The van der Waals surface area contributed by atoms with Crippen molar-refractivity contribution in [1.29, 1.82) is 0 Å². The summed E-state index contributed by atoms with van der Waals surface area (Å²) in [5, 5.41) is 6.79. The maximum atomic E-state index is 4.74. The SMILES string of the molecule is CO[B]N=C(N[B]OC)n1cccn1. The first-order chi connectivity index (χ1) is 6.88. The van der Waals surface area contributed by atoms with Crippen LogP contribution in [0.4, 0.5) is 0 Å². The Bertz CT molecular complexity index is 277. The molecule has 0 atom stereocenters. The van der Waals surface area contributed by atoms with E-state index in [1.807, 2.05) is 0 Å². The van der Waals surface area contributed by atoms with E-state index in [-0.39, 0.29) is 0 Å². The summed E-state index contributed by atoms with van der Waals surface area (Å²) in [6.45, 7) is 0. The van der Waals surface area contributed by atoms with Gasteiger partial charge >= 0.3 is 15.2 Å². The normalized spacial score (nSPS) is 11.1. The number of hydrogen-bond acceptors (Lipinski definition) is 4. The minimum atomic E-state index is 0.485. The fraction of sp³-hybridized carbons (Fsp3) is 0.333. The van der Waals surface area contributed by atoms with Gasteiger partial charge in [0.15, 0.2) is 5.96 Å². The Labute approximate surface area is 83.9 Å². The Kier molecular flexibility index (Phi) is 4.81. The number of nitrogens with zero attached hydrogens (tertiary/aromatic N) is 3. The maximum Gasteiger partial charge on any atom is 0.461 e. The zero-order chi connectivity index (χ0) is 10.2. The van der Waals surface area contributed by atoms with Crippen molar-refractivity contribution >= 4 is 21.2 Å². The average Bonchev–Trinajstić information content (AvgIpc) is 2.71. The molecule has 0 unspecified atom stereocenters. The molecule has 0 fully saturated rings. The largest absolute Gasteiger partial charge is 0.461 e. The van der Waals surface area contributed by atoms with Gasteiger partial charge in [0.1, 0.15) is 0 Å². The minimum absolute atomic E-state index is 0.485. The van der Waals surface area contributed by atoms with Gasteiger partial charge in [0, 0.05) is 26.6 Å². The van der Waals surface area contributed by atoms with Gasteiger partial charge in [-0.15, -0.1) is 0 Å². The number of rotatable bonds is 4. The van der Waals surface area contributed by atoms with Crippen molar-refractivity contribution in [2.75, 3.05) is 14.2 Å². The standard InChI is InChI=1S/C6H10B2N4O2/c1-13-7-10-6(11-8-14-2)12-5-3-4-9-12/h3-5H,1-2H3,(H,10,11). The molecule has 0 spiro atoms. The molecule has 14 heavy (non-hydrogen) atoms. The predicted octanol–water partition coefficient (Wildman–Crippen LogP) is -0.962. The lowest BCUT2D eigenvalue weighted by Gasteiger charge is -2.06. The lowest BCUT2D eigenvalue weighted by atomic mass is 10.3. The first-order valence-electron chi connectivity index (χ1n) is 3.92. The molecule has 0 saturated carbocycles. The number of hydrogen-bond donors (Lipinski definition) is 1. The first-order valence-corrected chi connectivity index (χ1v) is 3.92.